The van der Waals surface area contributed by atoms with Crippen LogP contribution in [0.2, 0.25) is 0 Å². The van der Waals surface area contributed by atoms with Crippen molar-refractivity contribution in [3.05, 3.63) is 36.4 Å². The van der Waals surface area contributed by atoms with Crippen molar-refractivity contribution in [3.8, 4) is 0 Å². The molecular weight excluding hydrogens is 176 g/mol. The van der Waals surface area contributed by atoms with Gasteiger partial charge in [-0.05, 0) is 23.8 Å². The fourth-order valence-corrected chi connectivity index (χ4v) is 2.21. The zero-order valence-corrected chi connectivity index (χ0v) is 8.81. The molecule has 1 aromatic rings. The zero-order chi connectivity index (χ0) is 9.52. The third-order valence-electron chi connectivity index (χ3n) is 1.85. The molecular formula is C12H15S. The fourth-order valence-electron chi connectivity index (χ4n) is 1.08. The van der Waals surface area contributed by atoms with Gasteiger partial charge in [0.25, 0.3) is 0 Å². The Bertz CT molecular complexity index is 266. The van der Waals surface area contributed by atoms with Crippen molar-refractivity contribution in [1.82, 2.24) is 0 Å². The lowest BCUT2D eigenvalue weighted by atomic mass is 10.2. The Labute approximate surface area is 85.1 Å². The summed E-state index contributed by atoms with van der Waals surface area (Å²) in [5.74, 6) is 1.18. The van der Waals surface area contributed by atoms with Crippen LogP contribution in [0.25, 0.3) is 6.08 Å². The summed E-state index contributed by atoms with van der Waals surface area (Å²) in [6.45, 7) is 7.73. The van der Waals surface area contributed by atoms with E-state index in [2.05, 4.69) is 19.1 Å². The van der Waals surface area contributed by atoms with Crippen LogP contribution in [0.1, 0.15) is 25.3 Å². The monoisotopic (exact) mass is 191 g/mol. The summed E-state index contributed by atoms with van der Waals surface area (Å²) < 4.78 is 0. The quantitative estimate of drug-likeness (QED) is 0.500. The van der Waals surface area contributed by atoms with Crippen molar-refractivity contribution in [1.29, 1.82) is 0 Å². The van der Waals surface area contributed by atoms with Crippen LogP contribution in [0.4, 0.5) is 0 Å². The van der Waals surface area contributed by atoms with E-state index in [9.17, 15) is 0 Å². The molecule has 0 heterocycles. The number of thioether (sulfide) groups is 1. The topological polar surface area (TPSA) is 0 Å². The summed E-state index contributed by atoms with van der Waals surface area (Å²) in [5.41, 5.74) is 1.14. The number of unbranched alkanes of at least 4 members (excludes halogenated alkanes) is 1. The Kier molecular flexibility index (Phi) is 4.69. The maximum atomic E-state index is 5.52. The summed E-state index contributed by atoms with van der Waals surface area (Å²) in [7, 11) is 0. The molecule has 0 bridgehead atoms. The van der Waals surface area contributed by atoms with Crippen molar-refractivity contribution < 1.29 is 0 Å². The molecule has 0 aliphatic heterocycles. The first kappa shape index (κ1) is 10.4. The molecule has 0 unspecified atom stereocenters. The zero-order valence-electron chi connectivity index (χ0n) is 7.99. The van der Waals surface area contributed by atoms with Gasteiger partial charge in [0.1, 0.15) is 0 Å². The third-order valence-corrected chi connectivity index (χ3v) is 3.03. The minimum atomic E-state index is 1.14. The Morgan fingerprint density at radius 1 is 1.38 bits per heavy atom. The van der Waals surface area contributed by atoms with Gasteiger partial charge in [0.15, 0.2) is 0 Å². The van der Waals surface area contributed by atoms with E-state index in [-0.39, 0.29) is 0 Å². The molecule has 1 aromatic carbocycles. The van der Waals surface area contributed by atoms with Gasteiger partial charge in [0.05, 0.1) is 0 Å². The molecule has 13 heavy (non-hydrogen) atoms. The number of hydrogen-bond donors (Lipinski definition) is 0. The maximum absolute atomic E-state index is 5.52. The van der Waals surface area contributed by atoms with Gasteiger partial charge in [0, 0.05) is 4.90 Å². The molecule has 0 spiro atoms. The molecule has 1 radical (unpaired) electrons. The largest absolute Gasteiger partial charge is 0.126 e. The van der Waals surface area contributed by atoms with Crippen LogP contribution < -0.4 is 0 Å². The predicted octanol–water partition coefficient (Wildman–Crippen LogP) is 4.02. The van der Waals surface area contributed by atoms with E-state index >= 15 is 0 Å². The van der Waals surface area contributed by atoms with E-state index in [0.717, 1.165) is 5.56 Å². The Balaban J connectivity index is 2.59. The minimum absolute atomic E-state index is 1.14. The first-order chi connectivity index (χ1) is 6.38. The van der Waals surface area contributed by atoms with Crippen molar-refractivity contribution in [3.63, 3.8) is 0 Å². The average Bonchev–Trinajstić information content (AvgIpc) is 2.19. The molecule has 0 saturated heterocycles. The first-order valence-electron chi connectivity index (χ1n) is 4.65. The molecule has 0 aliphatic carbocycles. The highest BCUT2D eigenvalue weighted by atomic mass is 32.2. The van der Waals surface area contributed by atoms with Crippen LogP contribution in [0.3, 0.4) is 0 Å². The van der Waals surface area contributed by atoms with E-state index in [1.807, 2.05) is 23.9 Å². The second-order valence-electron chi connectivity index (χ2n) is 2.91. The Hall–Kier alpha value is -0.690. The fraction of sp³-hybridized carbons (Fsp3) is 0.333. The molecule has 0 N–H and O–H groups in total. The first-order valence-corrected chi connectivity index (χ1v) is 5.63. The van der Waals surface area contributed by atoms with Crippen molar-refractivity contribution in [2.24, 2.45) is 0 Å². The van der Waals surface area contributed by atoms with Crippen molar-refractivity contribution >= 4 is 17.8 Å². The highest BCUT2D eigenvalue weighted by Crippen LogP contribution is 2.24. The number of benzene rings is 1. The number of rotatable bonds is 5. The van der Waals surface area contributed by atoms with Gasteiger partial charge in [-0.1, -0.05) is 44.2 Å². The van der Waals surface area contributed by atoms with Gasteiger partial charge in [-0.2, -0.15) is 0 Å². The van der Waals surface area contributed by atoms with Gasteiger partial charge in [-0.3, -0.25) is 0 Å². The SMILES string of the molecule is [CH]=Cc1ccccc1SCCCC. The van der Waals surface area contributed by atoms with Crippen LogP contribution in [0, 0.1) is 6.58 Å². The van der Waals surface area contributed by atoms with Gasteiger partial charge in [-0.15, -0.1) is 11.8 Å². The van der Waals surface area contributed by atoms with Crippen LogP contribution in [-0.2, 0) is 0 Å². The van der Waals surface area contributed by atoms with Crippen LogP contribution in [0.5, 0.6) is 0 Å². The van der Waals surface area contributed by atoms with E-state index in [0.29, 0.717) is 0 Å². The summed E-state index contributed by atoms with van der Waals surface area (Å²) >= 11 is 1.88. The molecule has 0 nitrogen and oxygen atoms in total. The normalized spacial score (nSPS) is 9.92. The molecule has 0 saturated carbocycles. The lowest BCUT2D eigenvalue weighted by Gasteiger charge is -2.03. The Morgan fingerprint density at radius 3 is 2.85 bits per heavy atom. The lowest BCUT2D eigenvalue weighted by Crippen LogP contribution is -1.81. The smallest absolute Gasteiger partial charge is 0.0144 e. The van der Waals surface area contributed by atoms with E-state index in [4.69, 9.17) is 6.58 Å². The highest BCUT2D eigenvalue weighted by molar-refractivity contribution is 7.99. The van der Waals surface area contributed by atoms with E-state index in [1.165, 1.54) is 23.5 Å². The van der Waals surface area contributed by atoms with Crippen LogP contribution in [0.15, 0.2) is 29.2 Å². The average molecular weight is 191 g/mol. The van der Waals surface area contributed by atoms with E-state index < -0.39 is 0 Å². The predicted molar refractivity (Wildman–Crippen MR) is 60.8 cm³/mol. The molecule has 0 aliphatic rings. The lowest BCUT2D eigenvalue weighted by molar-refractivity contribution is 0.896. The van der Waals surface area contributed by atoms with E-state index in [1.54, 1.807) is 6.08 Å². The second kappa shape index (κ2) is 5.87. The highest BCUT2D eigenvalue weighted by Gasteiger charge is 1.97. The standard InChI is InChI=1S/C12H15S/c1-3-5-10-13-12-9-7-6-8-11(12)4-2/h2,4,6-9H,3,5,10H2,1H3. The van der Waals surface area contributed by atoms with Gasteiger partial charge < -0.3 is 0 Å². The maximum Gasteiger partial charge on any atom is 0.0144 e. The summed E-state index contributed by atoms with van der Waals surface area (Å²) in [6, 6.07) is 8.25. The molecule has 1 heteroatoms. The second-order valence-corrected chi connectivity index (χ2v) is 4.04. The van der Waals surface area contributed by atoms with Gasteiger partial charge in [0.2, 0.25) is 0 Å². The molecule has 0 atom stereocenters. The van der Waals surface area contributed by atoms with Crippen LogP contribution >= 0.6 is 11.8 Å². The van der Waals surface area contributed by atoms with Gasteiger partial charge in [-0.25, -0.2) is 0 Å². The Morgan fingerprint density at radius 2 is 2.15 bits per heavy atom. The molecule has 1 rings (SSSR count). The van der Waals surface area contributed by atoms with Crippen LogP contribution in [-0.4, -0.2) is 5.75 Å². The summed E-state index contributed by atoms with van der Waals surface area (Å²) in [5, 5.41) is 0. The third kappa shape index (κ3) is 3.27. The van der Waals surface area contributed by atoms with Gasteiger partial charge >= 0.3 is 0 Å². The van der Waals surface area contributed by atoms with Crippen molar-refractivity contribution in [2.75, 3.05) is 5.75 Å². The number of hydrogen-bond acceptors (Lipinski definition) is 1. The summed E-state index contributed by atoms with van der Waals surface area (Å²) in [4.78, 5) is 1.29. The molecule has 0 aromatic heterocycles. The van der Waals surface area contributed by atoms with Crippen molar-refractivity contribution in [2.45, 2.75) is 24.7 Å². The molecule has 69 valence electrons. The molecule has 0 amide bonds. The minimum Gasteiger partial charge on any atom is -0.126 e. The molecule has 0 fully saturated rings. The summed E-state index contributed by atoms with van der Waals surface area (Å²) in [6.07, 6.45) is 4.19.